The number of fused-ring (bicyclic) bond motifs is 2. The van der Waals surface area contributed by atoms with Gasteiger partial charge in [-0.15, -0.1) is 0 Å². The van der Waals surface area contributed by atoms with E-state index in [0.717, 1.165) is 22.1 Å². The molecule has 9 nitrogen and oxygen atoms in total. The van der Waals surface area contributed by atoms with Crippen LogP contribution in [0.4, 0.5) is 8.78 Å². The molecule has 1 saturated carbocycles. The third kappa shape index (κ3) is 5.64. The first-order chi connectivity index (χ1) is 21.8. The standard InChI is InChI=1S/C33H26F2N6O3S/c34-20-9-14-29-38-28(19-39(29)18-20)31(42)37-22-10-12-23(13-11-22)41-32(43)27-15-21(35)17-36-30(27)40(33(41)44)24-5-4-8-26(16-24)45-25-6-2-1-3-7-25/h1-9,14-19,22-23H,10-13H2,(H,37,42)/t22-,23+. The Morgan fingerprint density at radius 2 is 1.64 bits per heavy atom. The molecule has 4 aromatic heterocycles. The molecule has 0 atom stereocenters. The summed E-state index contributed by atoms with van der Waals surface area (Å²) in [5.41, 5.74) is 0.0473. The lowest BCUT2D eigenvalue weighted by Gasteiger charge is -2.30. The van der Waals surface area contributed by atoms with Crippen molar-refractivity contribution in [1.82, 2.24) is 28.8 Å². The molecule has 1 aliphatic carbocycles. The Labute approximate surface area is 259 Å². The molecule has 226 valence electrons. The average Bonchev–Trinajstić information content (AvgIpc) is 3.47. The Morgan fingerprint density at radius 3 is 2.44 bits per heavy atom. The number of nitrogens with zero attached hydrogens (tertiary/aromatic N) is 5. The highest BCUT2D eigenvalue weighted by Gasteiger charge is 2.28. The van der Waals surface area contributed by atoms with Crippen molar-refractivity contribution in [2.75, 3.05) is 0 Å². The zero-order chi connectivity index (χ0) is 31.1. The van der Waals surface area contributed by atoms with E-state index in [1.54, 1.807) is 6.07 Å². The predicted molar refractivity (Wildman–Crippen MR) is 166 cm³/mol. The fraction of sp³-hybridized carbons (Fsp3) is 0.182. The van der Waals surface area contributed by atoms with Crippen LogP contribution in [0.15, 0.2) is 111 Å². The Morgan fingerprint density at radius 1 is 0.867 bits per heavy atom. The molecule has 0 unspecified atom stereocenters. The van der Waals surface area contributed by atoms with Crippen molar-refractivity contribution >= 4 is 34.3 Å². The molecule has 1 N–H and O–H groups in total. The van der Waals surface area contributed by atoms with E-state index in [2.05, 4.69) is 15.3 Å². The van der Waals surface area contributed by atoms with Gasteiger partial charge in [0.25, 0.3) is 11.5 Å². The first-order valence-corrected chi connectivity index (χ1v) is 15.3. The number of hydrogen-bond acceptors (Lipinski definition) is 6. The molecule has 0 bridgehead atoms. The number of hydrogen-bond donors (Lipinski definition) is 1. The van der Waals surface area contributed by atoms with Crippen LogP contribution in [-0.4, -0.2) is 35.5 Å². The Balaban J connectivity index is 1.17. The van der Waals surface area contributed by atoms with Crippen LogP contribution in [0.25, 0.3) is 22.4 Å². The van der Waals surface area contributed by atoms with Crippen LogP contribution in [0.3, 0.4) is 0 Å². The zero-order valence-corrected chi connectivity index (χ0v) is 24.6. The van der Waals surface area contributed by atoms with Gasteiger partial charge < -0.3 is 9.72 Å². The topological polar surface area (TPSA) is 103 Å². The summed E-state index contributed by atoms with van der Waals surface area (Å²) in [5.74, 6) is -1.50. The summed E-state index contributed by atoms with van der Waals surface area (Å²) in [4.78, 5) is 51.0. The lowest BCUT2D eigenvalue weighted by molar-refractivity contribution is 0.0917. The van der Waals surface area contributed by atoms with Crippen molar-refractivity contribution in [3.05, 3.63) is 130 Å². The van der Waals surface area contributed by atoms with Crippen LogP contribution in [0.2, 0.25) is 0 Å². The summed E-state index contributed by atoms with van der Waals surface area (Å²) in [7, 11) is 0. The van der Waals surface area contributed by atoms with Gasteiger partial charge in [0.1, 0.15) is 23.0 Å². The second-order valence-corrected chi connectivity index (χ2v) is 12.1. The summed E-state index contributed by atoms with van der Waals surface area (Å²) in [5, 5.41) is 2.98. The van der Waals surface area contributed by atoms with Crippen molar-refractivity contribution < 1.29 is 13.6 Å². The number of aromatic nitrogens is 5. The van der Waals surface area contributed by atoms with Crippen molar-refractivity contribution in [3.8, 4) is 5.69 Å². The predicted octanol–water partition coefficient (Wildman–Crippen LogP) is 5.54. The van der Waals surface area contributed by atoms with Gasteiger partial charge in [-0.05, 0) is 74.2 Å². The molecular weight excluding hydrogens is 598 g/mol. The van der Waals surface area contributed by atoms with Crippen molar-refractivity contribution in [2.24, 2.45) is 0 Å². The van der Waals surface area contributed by atoms with Gasteiger partial charge in [-0.25, -0.2) is 28.1 Å². The minimum atomic E-state index is -0.675. The quantitative estimate of drug-likeness (QED) is 0.261. The van der Waals surface area contributed by atoms with Gasteiger partial charge >= 0.3 is 5.69 Å². The minimum Gasteiger partial charge on any atom is -0.348 e. The van der Waals surface area contributed by atoms with Gasteiger partial charge in [0.2, 0.25) is 0 Å². The van der Waals surface area contributed by atoms with Gasteiger partial charge in [0.05, 0.1) is 17.3 Å². The van der Waals surface area contributed by atoms with Gasteiger partial charge in [-0.3, -0.25) is 14.2 Å². The largest absolute Gasteiger partial charge is 0.348 e. The number of benzene rings is 2. The fourth-order valence-electron chi connectivity index (χ4n) is 5.86. The van der Waals surface area contributed by atoms with Gasteiger partial charge in [-0.2, -0.15) is 0 Å². The molecule has 1 amide bonds. The van der Waals surface area contributed by atoms with E-state index in [1.165, 1.54) is 49.8 Å². The summed E-state index contributed by atoms with van der Waals surface area (Å²) in [6, 6.07) is 20.4. The van der Waals surface area contributed by atoms with Crippen molar-refractivity contribution in [3.63, 3.8) is 0 Å². The Kier molecular flexibility index (Phi) is 7.50. The minimum absolute atomic E-state index is 0.00873. The summed E-state index contributed by atoms with van der Waals surface area (Å²) < 4.78 is 31.9. The summed E-state index contributed by atoms with van der Waals surface area (Å²) >= 11 is 1.53. The molecular formula is C33H26F2N6O3S. The third-order valence-corrected chi connectivity index (χ3v) is 8.99. The first kappa shape index (κ1) is 28.7. The number of carbonyl (C=O) groups excluding carboxylic acids is 1. The van der Waals surface area contributed by atoms with Gasteiger partial charge in [-0.1, -0.05) is 36.0 Å². The molecule has 0 spiro atoms. The monoisotopic (exact) mass is 624 g/mol. The lowest BCUT2D eigenvalue weighted by atomic mass is 9.90. The van der Waals surface area contributed by atoms with E-state index in [1.807, 2.05) is 48.5 Å². The van der Waals surface area contributed by atoms with Crippen molar-refractivity contribution in [1.29, 1.82) is 0 Å². The summed E-state index contributed by atoms with van der Waals surface area (Å²) in [6.07, 6.45) is 5.61. The Bertz CT molecular complexity index is 2190. The smallest absolute Gasteiger partial charge is 0.337 e. The molecule has 1 fully saturated rings. The van der Waals surface area contributed by atoms with Gasteiger partial charge in [0.15, 0.2) is 5.65 Å². The second-order valence-electron chi connectivity index (χ2n) is 10.9. The number of imidazole rings is 1. The molecule has 12 heteroatoms. The van der Waals surface area contributed by atoms with E-state index in [9.17, 15) is 23.2 Å². The second kappa shape index (κ2) is 11.8. The van der Waals surface area contributed by atoms with Crippen LogP contribution in [-0.2, 0) is 0 Å². The number of nitrogens with one attached hydrogen (secondary N) is 1. The molecule has 7 rings (SSSR count). The lowest BCUT2D eigenvalue weighted by Crippen LogP contribution is -2.45. The molecule has 6 aromatic rings. The average molecular weight is 625 g/mol. The molecule has 2 aromatic carbocycles. The first-order valence-electron chi connectivity index (χ1n) is 14.5. The third-order valence-electron chi connectivity index (χ3n) is 7.99. The maximum Gasteiger partial charge on any atom is 0.337 e. The highest BCUT2D eigenvalue weighted by atomic mass is 32.2. The number of carbonyl (C=O) groups is 1. The normalized spacial score (nSPS) is 16.7. The summed E-state index contributed by atoms with van der Waals surface area (Å²) in [6.45, 7) is 0. The van der Waals surface area contributed by atoms with Crippen LogP contribution >= 0.6 is 11.8 Å². The van der Waals surface area contributed by atoms with E-state index >= 15 is 0 Å². The highest BCUT2D eigenvalue weighted by molar-refractivity contribution is 7.99. The fourth-order valence-corrected chi connectivity index (χ4v) is 6.75. The molecule has 1 aliphatic rings. The molecule has 0 saturated heterocycles. The van der Waals surface area contributed by atoms with E-state index in [-0.39, 0.29) is 28.7 Å². The number of rotatable bonds is 6. The number of pyridine rings is 2. The maximum absolute atomic E-state index is 14.4. The molecule has 4 heterocycles. The van der Waals surface area contributed by atoms with Crippen LogP contribution in [0, 0.1) is 11.6 Å². The van der Waals surface area contributed by atoms with E-state index in [0.29, 0.717) is 37.0 Å². The number of amides is 1. The molecule has 0 aliphatic heterocycles. The molecule has 0 radical (unpaired) electrons. The van der Waals surface area contributed by atoms with Crippen molar-refractivity contribution in [2.45, 2.75) is 47.6 Å². The number of halogens is 2. The van der Waals surface area contributed by atoms with Crippen LogP contribution < -0.4 is 16.6 Å². The molecule has 45 heavy (non-hydrogen) atoms. The maximum atomic E-state index is 14.4. The Hall–Kier alpha value is -5.10. The van der Waals surface area contributed by atoms with Gasteiger partial charge in [0, 0.05) is 34.3 Å². The van der Waals surface area contributed by atoms with Crippen LogP contribution in [0.5, 0.6) is 0 Å². The van der Waals surface area contributed by atoms with E-state index in [4.69, 9.17) is 0 Å². The van der Waals surface area contributed by atoms with E-state index < -0.39 is 28.9 Å². The highest BCUT2D eigenvalue weighted by Crippen LogP contribution is 2.30. The zero-order valence-electron chi connectivity index (χ0n) is 23.8. The SMILES string of the molecule is O=C(N[C@H]1CC[C@@H](n2c(=O)c3cc(F)cnc3n(-c3cccc(Sc4ccccc4)c3)c2=O)CC1)c1cn2cc(F)ccc2n1. The van der Waals surface area contributed by atoms with Crippen LogP contribution in [0.1, 0.15) is 42.2 Å².